The number of hydrogen-bond donors (Lipinski definition) is 0. The van der Waals surface area contributed by atoms with Crippen molar-refractivity contribution in [2.45, 2.75) is 6.92 Å². The maximum Gasteiger partial charge on any atom is 0.102 e. The summed E-state index contributed by atoms with van der Waals surface area (Å²) in [7, 11) is 1.59. The van der Waals surface area contributed by atoms with Gasteiger partial charge in [-0.1, -0.05) is 11.6 Å². The van der Waals surface area contributed by atoms with E-state index >= 15 is 0 Å². The summed E-state index contributed by atoms with van der Waals surface area (Å²) in [5.41, 5.74) is 0.416. The van der Waals surface area contributed by atoms with Crippen LogP contribution in [-0.2, 0) is 0 Å². The van der Waals surface area contributed by atoms with E-state index in [4.69, 9.17) is 16.9 Å². The fraction of sp³-hybridized carbons (Fsp3) is 0.333. The van der Waals surface area contributed by atoms with Crippen molar-refractivity contribution in [3.63, 3.8) is 0 Å². The van der Waals surface area contributed by atoms with Crippen LogP contribution in [0.2, 0.25) is 0 Å². The molecule has 0 saturated heterocycles. The van der Waals surface area contributed by atoms with Crippen LogP contribution in [0.5, 0.6) is 0 Å². The maximum atomic E-state index is 8.34. The number of nitriles is 1. The average Bonchev–Trinajstić information content (AvgIpc) is 1.82. The van der Waals surface area contributed by atoms with E-state index in [1.54, 1.807) is 14.0 Å². The first-order chi connectivity index (χ1) is 4.22. The van der Waals surface area contributed by atoms with Crippen molar-refractivity contribution in [1.82, 2.24) is 0 Å². The second-order valence-corrected chi connectivity index (χ2v) is 2.01. The Morgan fingerprint density at radius 2 is 2.33 bits per heavy atom. The second kappa shape index (κ2) is 4.11. The van der Waals surface area contributed by atoms with E-state index in [-0.39, 0.29) is 0 Å². The van der Waals surface area contributed by atoms with Crippen LogP contribution in [0.25, 0.3) is 0 Å². The highest BCUT2D eigenvalue weighted by molar-refractivity contribution is 6.31. The van der Waals surface area contributed by atoms with Crippen molar-refractivity contribution < 1.29 is 0 Å². The molecule has 2 nitrogen and oxygen atoms in total. The largest absolute Gasteiger partial charge is 0.295 e. The zero-order valence-corrected chi connectivity index (χ0v) is 6.11. The molecule has 0 rings (SSSR count). The predicted molar refractivity (Wildman–Crippen MR) is 38.6 cm³/mol. The quantitative estimate of drug-likeness (QED) is 0.406. The van der Waals surface area contributed by atoms with Crippen molar-refractivity contribution in [3.05, 3.63) is 10.6 Å². The van der Waals surface area contributed by atoms with E-state index in [2.05, 4.69) is 4.99 Å². The molecule has 0 atom stereocenters. The molecule has 0 spiro atoms. The summed E-state index contributed by atoms with van der Waals surface area (Å²) in [6.07, 6.45) is 1.43. The highest BCUT2D eigenvalue weighted by atomic mass is 35.5. The Morgan fingerprint density at radius 1 is 1.78 bits per heavy atom. The van der Waals surface area contributed by atoms with E-state index in [9.17, 15) is 0 Å². The molecule has 0 heterocycles. The fourth-order valence-corrected chi connectivity index (χ4v) is 0.415. The van der Waals surface area contributed by atoms with Crippen LogP contribution in [0.1, 0.15) is 6.92 Å². The van der Waals surface area contributed by atoms with Crippen LogP contribution in [0.3, 0.4) is 0 Å². The topological polar surface area (TPSA) is 36.1 Å². The first kappa shape index (κ1) is 8.19. The van der Waals surface area contributed by atoms with Crippen LogP contribution >= 0.6 is 11.6 Å². The molecule has 0 bridgehead atoms. The summed E-state index contributed by atoms with van der Waals surface area (Å²) in [6.45, 7) is 1.65. The van der Waals surface area contributed by atoms with Crippen LogP contribution in [0, 0.1) is 11.3 Å². The van der Waals surface area contributed by atoms with Gasteiger partial charge in [0.1, 0.15) is 6.07 Å². The van der Waals surface area contributed by atoms with Gasteiger partial charge in [-0.2, -0.15) is 5.26 Å². The molecule has 0 aromatic rings. The van der Waals surface area contributed by atoms with Crippen LogP contribution in [0.4, 0.5) is 0 Å². The van der Waals surface area contributed by atoms with Gasteiger partial charge >= 0.3 is 0 Å². The smallest absolute Gasteiger partial charge is 0.102 e. The van der Waals surface area contributed by atoms with E-state index < -0.39 is 0 Å². The first-order valence-electron chi connectivity index (χ1n) is 2.41. The van der Waals surface area contributed by atoms with E-state index in [0.29, 0.717) is 10.6 Å². The van der Waals surface area contributed by atoms with Crippen molar-refractivity contribution in [3.8, 4) is 6.07 Å². The number of aliphatic imine (C=N–C) groups is 1. The predicted octanol–water partition coefficient (Wildman–Crippen LogP) is 1.72. The molecule has 0 aliphatic rings. The van der Waals surface area contributed by atoms with Crippen LogP contribution < -0.4 is 0 Å². The number of hydrogen-bond acceptors (Lipinski definition) is 2. The van der Waals surface area contributed by atoms with E-state index in [1.165, 1.54) is 6.21 Å². The Labute approximate surface area is 59.5 Å². The minimum absolute atomic E-state index is 0.416. The van der Waals surface area contributed by atoms with Gasteiger partial charge in [-0.25, -0.2) is 0 Å². The van der Waals surface area contributed by atoms with E-state index in [1.807, 2.05) is 6.07 Å². The van der Waals surface area contributed by atoms with Gasteiger partial charge in [-0.15, -0.1) is 0 Å². The second-order valence-electron chi connectivity index (χ2n) is 1.45. The monoisotopic (exact) mass is 142 g/mol. The molecule has 0 amide bonds. The van der Waals surface area contributed by atoms with Gasteiger partial charge in [-0.3, -0.25) is 4.99 Å². The average molecular weight is 143 g/mol. The summed E-state index contributed by atoms with van der Waals surface area (Å²) in [5, 5.41) is 8.82. The summed E-state index contributed by atoms with van der Waals surface area (Å²) in [6, 6.07) is 1.90. The van der Waals surface area contributed by atoms with Gasteiger partial charge in [0.2, 0.25) is 0 Å². The molecule has 0 aromatic heterocycles. The third-order valence-corrected chi connectivity index (χ3v) is 0.953. The normalized spacial score (nSPS) is 13.1. The SMILES string of the molecule is CN=CC(C#N)=C(C)Cl. The molecule has 0 aromatic carbocycles. The van der Waals surface area contributed by atoms with Gasteiger partial charge in [-0.05, 0) is 6.92 Å². The van der Waals surface area contributed by atoms with Crippen molar-refractivity contribution in [2.24, 2.45) is 4.99 Å². The Kier molecular flexibility index (Phi) is 3.74. The molecule has 0 N–H and O–H groups in total. The summed E-state index contributed by atoms with van der Waals surface area (Å²) in [4.78, 5) is 3.64. The zero-order chi connectivity index (χ0) is 7.28. The molecule has 0 radical (unpaired) electrons. The lowest BCUT2D eigenvalue weighted by Crippen LogP contribution is -1.80. The lowest BCUT2D eigenvalue weighted by atomic mass is 10.3. The Hall–Kier alpha value is -0.810. The van der Waals surface area contributed by atoms with Crippen LogP contribution in [-0.4, -0.2) is 13.3 Å². The highest BCUT2D eigenvalue weighted by Crippen LogP contribution is 2.04. The van der Waals surface area contributed by atoms with E-state index in [0.717, 1.165) is 0 Å². The number of allylic oxidation sites excluding steroid dienone is 2. The van der Waals surface area contributed by atoms with Gasteiger partial charge in [0, 0.05) is 18.3 Å². The van der Waals surface area contributed by atoms with Gasteiger partial charge in [0.15, 0.2) is 0 Å². The molecule has 9 heavy (non-hydrogen) atoms. The molecule has 0 aliphatic carbocycles. The molecular weight excluding hydrogens is 136 g/mol. The standard InChI is InChI=1S/C6H7ClN2/c1-5(7)6(3-8)4-9-2/h4H,1-2H3. The highest BCUT2D eigenvalue weighted by Gasteiger charge is 1.91. The number of rotatable bonds is 1. The van der Waals surface area contributed by atoms with Crippen molar-refractivity contribution in [1.29, 1.82) is 5.26 Å². The number of halogens is 1. The molecule has 48 valence electrons. The number of nitrogens with zero attached hydrogens (tertiary/aromatic N) is 2. The Bertz CT molecular complexity index is 182. The van der Waals surface area contributed by atoms with Crippen LogP contribution in [0.15, 0.2) is 15.6 Å². The molecule has 0 fully saturated rings. The summed E-state index contributed by atoms with van der Waals surface area (Å²) < 4.78 is 0. The molecule has 3 heteroatoms. The third kappa shape index (κ3) is 2.89. The molecule has 0 saturated carbocycles. The third-order valence-electron chi connectivity index (χ3n) is 0.750. The Morgan fingerprint density at radius 3 is 2.44 bits per heavy atom. The van der Waals surface area contributed by atoms with Crippen molar-refractivity contribution >= 4 is 17.8 Å². The fourth-order valence-electron chi connectivity index (χ4n) is 0.324. The van der Waals surface area contributed by atoms with Crippen molar-refractivity contribution in [2.75, 3.05) is 7.05 Å². The van der Waals surface area contributed by atoms with Gasteiger partial charge in [0.05, 0.1) is 5.57 Å². The minimum Gasteiger partial charge on any atom is -0.295 e. The summed E-state index contributed by atoms with van der Waals surface area (Å²) in [5.74, 6) is 0. The zero-order valence-electron chi connectivity index (χ0n) is 5.35. The minimum atomic E-state index is 0.416. The molecule has 0 aliphatic heterocycles. The lowest BCUT2D eigenvalue weighted by molar-refractivity contribution is 1.44. The van der Waals surface area contributed by atoms with Gasteiger partial charge in [0.25, 0.3) is 0 Å². The van der Waals surface area contributed by atoms with Gasteiger partial charge < -0.3 is 0 Å². The first-order valence-corrected chi connectivity index (χ1v) is 2.78. The molecule has 0 unspecified atom stereocenters. The summed E-state index contributed by atoms with van der Waals surface area (Å²) >= 11 is 5.49. The maximum absolute atomic E-state index is 8.34. The Balaban J connectivity index is 4.41. The lowest BCUT2D eigenvalue weighted by Gasteiger charge is -1.85. The molecular formula is C6H7ClN2.